The Kier molecular flexibility index (Phi) is 6.02. The van der Waals surface area contributed by atoms with E-state index in [0.717, 1.165) is 52.1 Å². The maximum absolute atomic E-state index is 12.8. The number of amides is 1. The molecular formula is C16H32N4O. The molecule has 0 aromatic carbocycles. The molecule has 0 aromatic rings. The molecule has 0 aromatic heterocycles. The lowest BCUT2D eigenvalue weighted by molar-refractivity contribution is -0.140. The maximum Gasteiger partial charge on any atom is 0.227 e. The quantitative estimate of drug-likeness (QED) is 0.819. The number of rotatable bonds is 4. The smallest absolute Gasteiger partial charge is 0.227 e. The summed E-state index contributed by atoms with van der Waals surface area (Å²) < 4.78 is 0. The van der Waals surface area contributed by atoms with Crippen LogP contribution >= 0.6 is 0 Å². The van der Waals surface area contributed by atoms with E-state index in [-0.39, 0.29) is 12.0 Å². The second kappa shape index (κ2) is 7.56. The van der Waals surface area contributed by atoms with Gasteiger partial charge in [0.1, 0.15) is 0 Å². The maximum atomic E-state index is 12.8. The molecule has 3 unspecified atom stereocenters. The highest BCUT2D eigenvalue weighted by atomic mass is 16.2. The number of hydrogen-bond donors (Lipinski definition) is 1. The summed E-state index contributed by atoms with van der Waals surface area (Å²) in [7, 11) is 4.21. The summed E-state index contributed by atoms with van der Waals surface area (Å²) in [5, 5.41) is 0. The fraction of sp³-hybridized carbons (Fsp3) is 0.938. The van der Waals surface area contributed by atoms with Gasteiger partial charge in [0, 0.05) is 45.3 Å². The van der Waals surface area contributed by atoms with E-state index >= 15 is 0 Å². The molecule has 1 saturated heterocycles. The molecule has 5 nitrogen and oxygen atoms in total. The van der Waals surface area contributed by atoms with E-state index < -0.39 is 0 Å². The molecule has 3 atom stereocenters. The zero-order valence-corrected chi connectivity index (χ0v) is 13.9. The van der Waals surface area contributed by atoms with Crippen molar-refractivity contribution < 1.29 is 4.79 Å². The first-order valence-electron chi connectivity index (χ1n) is 8.40. The van der Waals surface area contributed by atoms with E-state index in [9.17, 15) is 4.79 Å². The first-order chi connectivity index (χ1) is 9.99. The molecule has 1 heterocycles. The van der Waals surface area contributed by atoms with Crippen LogP contribution in [-0.4, -0.2) is 80.0 Å². The van der Waals surface area contributed by atoms with Crippen molar-refractivity contribution >= 4 is 5.91 Å². The molecule has 21 heavy (non-hydrogen) atoms. The third-order valence-electron chi connectivity index (χ3n) is 5.10. The fourth-order valence-electron chi connectivity index (χ4n) is 3.63. The molecule has 0 spiro atoms. The van der Waals surface area contributed by atoms with Gasteiger partial charge in [0.15, 0.2) is 0 Å². The standard InChI is InChI=1S/C16H32N4O/c1-13-5-4-6-14(17)15(13)16(21)20-11-9-19(10-12-20)8-7-18(2)3/h13-15H,4-12,17H2,1-3H3. The Morgan fingerprint density at radius 3 is 2.43 bits per heavy atom. The van der Waals surface area contributed by atoms with Crippen molar-refractivity contribution in [2.45, 2.75) is 32.2 Å². The summed E-state index contributed by atoms with van der Waals surface area (Å²) in [6, 6.07) is 0.0630. The SMILES string of the molecule is CC1CCCC(N)C1C(=O)N1CCN(CCN(C)C)CC1. The Labute approximate surface area is 129 Å². The van der Waals surface area contributed by atoms with E-state index in [1.807, 2.05) is 0 Å². The Balaban J connectivity index is 1.82. The molecule has 0 radical (unpaired) electrons. The number of hydrogen-bond acceptors (Lipinski definition) is 4. The van der Waals surface area contributed by atoms with Crippen LogP contribution in [0, 0.1) is 11.8 Å². The topological polar surface area (TPSA) is 52.8 Å². The molecule has 1 saturated carbocycles. The Hall–Kier alpha value is -0.650. The van der Waals surface area contributed by atoms with Gasteiger partial charge < -0.3 is 15.5 Å². The minimum absolute atomic E-state index is 0.0482. The van der Waals surface area contributed by atoms with Crippen molar-refractivity contribution in [3.05, 3.63) is 0 Å². The molecule has 1 aliphatic carbocycles. The van der Waals surface area contributed by atoms with E-state index in [1.54, 1.807) is 0 Å². The minimum Gasteiger partial charge on any atom is -0.340 e. The summed E-state index contributed by atoms with van der Waals surface area (Å²) in [6.45, 7) is 8.08. The number of piperazine rings is 1. The summed E-state index contributed by atoms with van der Waals surface area (Å²) in [5.74, 6) is 0.794. The van der Waals surface area contributed by atoms with Gasteiger partial charge in [-0.3, -0.25) is 9.69 Å². The average Bonchev–Trinajstić information content (AvgIpc) is 2.45. The highest BCUT2D eigenvalue weighted by Gasteiger charge is 2.37. The second-order valence-electron chi connectivity index (χ2n) is 7.07. The van der Waals surface area contributed by atoms with E-state index in [4.69, 9.17) is 5.73 Å². The highest BCUT2D eigenvalue weighted by Crippen LogP contribution is 2.30. The van der Waals surface area contributed by atoms with Crippen LogP contribution in [0.3, 0.4) is 0 Å². The largest absolute Gasteiger partial charge is 0.340 e. The van der Waals surface area contributed by atoms with Gasteiger partial charge in [-0.25, -0.2) is 0 Å². The third kappa shape index (κ3) is 4.41. The number of nitrogens with two attached hydrogens (primary N) is 1. The van der Waals surface area contributed by atoms with Crippen LogP contribution in [0.1, 0.15) is 26.2 Å². The van der Waals surface area contributed by atoms with Crippen molar-refractivity contribution in [2.75, 3.05) is 53.4 Å². The molecule has 1 aliphatic heterocycles. The van der Waals surface area contributed by atoms with Crippen LogP contribution in [0.5, 0.6) is 0 Å². The van der Waals surface area contributed by atoms with Gasteiger partial charge in [0.05, 0.1) is 5.92 Å². The van der Waals surface area contributed by atoms with Gasteiger partial charge in [0.2, 0.25) is 5.91 Å². The van der Waals surface area contributed by atoms with Crippen molar-refractivity contribution in [3.8, 4) is 0 Å². The van der Waals surface area contributed by atoms with Gasteiger partial charge in [-0.15, -0.1) is 0 Å². The van der Waals surface area contributed by atoms with Crippen molar-refractivity contribution in [1.82, 2.24) is 14.7 Å². The molecule has 2 N–H and O–H groups in total. The second-order valence-corrected chi connectivity index (χ2v) is 7.07. The average molecular weight is 296 g/mol. The first-order valence-corrected chi connectivity index (χ1v) is 8.40. The molecule has 0 bridgehead atoms. The lowest BCUT2D eigenvalue weighted by Gasteiger charge is -2.40. The van der Waals surface area contributed by atoms with Gasteiger partial charge >= 0.3 is 0 Å². The molecule has 2 fully saturated rings. The molecule has 1 amide bonds. The van der Waals surface area contributed by atoms with Crippen LogP contribution < -0.4 is 5.73 Å². The van der Waals surface area contributed by atoms with E-state index in [1.165, 1.54) is 6.42 Å². The summed E-state index contributed by atoms with van der Waals surface area (Å²) in [4.78, 5) is 19.5. The minimum atomic E-state index is 0.0482. The number of carbonyl (C=O) groups excluding carboxylic acids is 1. The predicted octanol–water partition coefficient (Wildman–Crippen LogP) is 0.456. The molecule has 2 rings (SSSR count). The molecule has 5 heteroatoms. The van der Waals surface area contributed by atoms with Crippen LogP contribution in [0.4, 0.5) is 0 Å². The van der Waals surface area contributed by atoms with Crippen LogP contribution in [0.15, 0.2) is 0 Å². The fourth-order valence-corrected chi connectivity index (χ4v) is 3.63. The van der Waals surface area contributed by atoms with E-state index in [0.29, 0.717) is 11.8 Å². The van der Waals surface area contributed by atoms with Gasteiger partial charge in [-0.05, 0) is 32.9 Å². The van der Waals surface area contributed by atoms with Crippen LogP contribution in [0.25, 0.3) is 0 Å². The zero-order chi connectivity index (χ0) is 15.4. The first kappa shape index (κ1) is 16.7. The molecule has 122 valence electrons. The lowest BCUT2D eigenvalue weighted by Crippen LogP contribution is -2.55. The normalized spacial score (nSPS) is 31.7. The summed E-state index contributed by atoms with van der Waals surface area (Å²) in [6.07, 6.45) is 3.32. The predicted molar refractivity (Wildman–Crippen MR) is 86.1 cm³/mol. The summed E-state index contributed by atoms with van der Waals surface area (Å²) >= 11 is 0. The van der Waals surface area contributed by atoms with E-state index in [2.05, 4.69) is 35.7 Å². The van der Waals surface area contributed by atoms with Crippen molar-refractivity contribution in [1.29, 1.82) is 0 Å². The lowest BCUT2D eigenvalue weighted by atomic mass is 9.76. The van der Waals surface area contributed by atoms with Gasteiger partial charge in [-0.1, -0.05) is 13.3 Å². The monoisotopic (exact) mass is 296 g/mol. The number of nitrogens with zero attached hydrogens (tertiary/aromatic N) is 3. The van der Waals surface area contributed by atoms with Crippen molar-refractivity contribution in [3.63, 3.8) is 0 Å². The van der Waals surface area contributed by atoms with Crippen LogP contribution in [0.2, 0.25) is 0 Å². The highest BCUT2D eigenvalue weighted by molar-refractivity contribution is 5.80. The van der Waals surface area contributed by atoms with Gasteiger partial charge in [-0.2, -0.15) is 0 Å². The molecular weight excluding hydrogens is 264 g/mol. The zero-order valence-electron chi connectivity index (χ0n) is 13.9. The Morgan fingerprint density at radius 1 is 1.19 bits per heavy atom. The van der Waals surface area contributed by atoms with Crippen LogP contribution in [-0.2, 0) is 4.79 Å². The Morgan fingerprint density at radius 2 is 1.86 bits per heavy atom. The Bertz CT molecular complexity index is 329. The number of carbonyl (C=O) groups is 1. The van der Waals surface area contributed by atoms with Crippen molar-refractivity contribution in [2.24, 2.45) is 17.6 Å². The third-order valence-corrected chi connectivity index (χ3v) is 5.10. The number of likely N-dealkylation sites (N-methyl/N-ethyl adjacent to an activating group) is 1. The summed E-state index contributed by atoms with van der Waals surface area (Å²) in [5.41, 5.74) is 6.22. The molecule has 2 aliphatic rings. The van der Waals surface area contributed by atoms with Gasteiger partial charge in [0.25, 0.3) is 0 Å².